The number of carbonyl (C=O) groups is 1. The Morgan fingerprint density at radius 3 is 2.49 bits per heavy atom. The van der Waals surface area contributed by atoms with E-state index in [2.05, 4.69) is 37.0 Å². The maximum atomic E-state index is 14.9. The summed E-state index contributed by atoms with van der Waals surface area (Å²) in [5.41, 5.74) is 3.88. The van der Waals surface area contributed by atoms with Crippen molar-refractivity contribution in [1.82, 2.24) is 14.9 Å². The van der Waals surface area contributed by atoms with Crippen molar-refractivity contribution in [3.05, 3.63) is 96.8 Å². The molecular formula is C38H41F2N7O4. The Labute approximate surface area is 295 Å². The number of amides is 1. The van der Waals surface area contributed by atoms with E-state index in [9.17, 15) is 13.6 Å². The summed E-state index contributed by atoms with van der Waals surface area (Å²) in [5, 5.41) is 7.96. The lowest BCUT2D eigenvalue weighted by Crippen LogP contribution is -2.49. The minimum atomic E-state index is -0.431. The number of piperidine rings is 1. The standard InChI is InChI=1S/C38H41F2N7O4/c1-3-38(48)44-31-21-32(35(49-2)22-34(31)46-10-7-30(8-11-46)45-12-15-50-16-13-45)43-36-23-37(42-24-41-36)47-33(9-14-51-47)27-17-26(19-29(40)20-27)25-5-4-6-28(39)18-25/h3-6,17-24,30,33H,1,7-16H2,2H3,(H,44,48)(H,41,42,43). The van der Waals surface area contributed by atoms with E-state index in [0.717, 1.165) is 57.9 Å². The molecule has 0 bridgehead atoms. The summed E-state index contributed by atoms with van der Waals surface area (Å²) in [6.07, 6.45) is 5.25. The number of carbonyl (C=O) groups excluding carboxylic acids is 1. The number of halogens is 2. The van der Waals surface area contributed by atoms with Gasteiger partial charge in [-0.05, 0) is 72.0 Å². The van der Waals surface area contributed by atoms with Crippen LogP contribution < -0.4 is 25.3 Å². The lowest BCUT2D eigenvalue weighted by atomic mass is 9.97. The monoisotopic (exact) mass is 697 g/mol. The van der Waals surface area contributed by atoms with Gasteiger partial charge in [0.25, 0.3) is 0 Å². The SMILES string of the molecule is C=CC(=O)Nc1cc(Nc2cc(N3OCCC3c3cc(F)cc(-c4cccc(F)c4)c3)ncn2)c(OC)cc1N1CCC(N2CCOCC2)CC1. The number of rotatable bonds is 10. The Bertz CT molecular complexity index is 1880. The first-order chi connectivity index (χ1) is 24.9. The number of hydrogen-bond donors (Lipinski definition) is 2. The fourth-order valence-electron chi connectivity index (χ4n) is 7.11. The van der Waals surface area contributed by atoms with Gasteiger partial charge < -0.3 is 25.0 Å². The number of ether oxygens (including phenoxy) is 2. The molecule has 0 aliphatic carbocycles. The number of hydrogen-bond acceptors (Lipinski definition) is 10. The molecule has 266 valence electrons. The molecule has 51 heavy (non-hydrogen) atoms. The molecule has 13 heteroatoms. The Morgan fingerprint density at radius 1 is 0.922 bits per heavy atom. The molecule has 7 rings (SSSR count). The fraction of sp³-hybridized carbons (Fsp3) is 0.342. The van der Waals surface area contributed by atoms with Crippen molar-refractivity contribution in [3.63, 3.8) is 0 Å². The molecule has 0 radical (unpaired) electrons. The van der Waals surface area contributed by atoms with Crippen molar-refractivity contribution in [2.45, 2.75) is 31.3 Å². The second-order valence-electron chi connectivity index (χ2n) is 12.8. The number of benzene rings is 3. The van der Waals surface area contributed by atoms with E-state index in [0.29, 0.717) is 64.5 Å². The van der Waals surface area contributed by atoms with Crippen LogP contribution in [-0.2, 0) is 14.4 Å². The minimum absolute atomic E-state index is 0.324. The third-order valence-electron chi connectivity index (χ3n) is 9.64. The van der Waals surface area contributed by atoms with E-state index >= 15 is 0 Å². The minimum Gasteiger partial charge on any atom is -0.494 e. The van der Waals surface area contributed by atoms with Crippen LogP contribution in [0.2, 0.25) is 0 Å². The lowest BCUT2D eigenvalue weighted by Gasteiger charge is -2.41. The van der Waals surface area contributed by atoms with Gasteiger partial charge >= 0.3 is 0 Å². The van der Waals surface area contributed by atoms with Gasteiger partial charge in [-0.2, -0.15) is 0 Å². The third-order valence-corrected chi connectivity index (χ3v) is 9.64. The first kappa shape index (κ1) is 34.3. The van der Waals surface area contributed by atoms with Crippen LogP contribution in [0.15, 0.2) is 79.6 Å². The topological polar surface area (TPSA) is 104 Å². The van der Waals surface area contributed by atoms with Gasteiger partial charge in [0.2, 0.25) is 5.91 Å². The summed E-state index contributed by atoms with van der Waals surface area (Å²) in [6, 6.07) is 16.4. The summed E-state index contributed by atoms with van der Waals surface area (Å²) >= 11 is 0. The Hall–Kier alpha value is -5.11. The molecule has 0 saturated carbocycles. The molecule has 1 aromatic heterocycles. The van der Waals surface area contributed by atoms with Crippen LogP contribution in [0.25, 0.3) is 11.1 Å². The molecule has 3 saturated heterocycles. The zero-order valence-corrected chi connectivity index (χ0v) is 28.5. The van der Waals surface area contributed by atoms with Crippen molar-refractivity contribution in [3.8, 4) is 16.9 Å². The molecular weight excluding hydrogens is 656 g/mol. The van der Waals surface area contributed by atoms with Crippen LogP contribution in [0, 0.1) is 11.6 Å². The zero-order valence-electron chi connectivity index (χ0n) is 28.5. The van der Waals surface area contributed by atoms with E-state index < -0.39 is 11.6 Å². The normalized spacial score (nSPS) is 18.5. The smallest absolute Gasteiger partial charge is 0.247 e. The van der Waals surface area contributed by atoms with Crippen LogP contribution in [-0.4, -0.2) is 79.9 Å². The van der Waals surface area contributed by atoms with Crippen molar-refractivity contribution in [2.75, 3.05) is 73.7 Å². The van der Waals surface area contributed by atoms with Crippen LogP contribution in [0.1, 0.15) is 30.9 Å². The lowest BCUT2D eigenvalue weighted by molar-refractivity contribution is -0.111. The Kier molecular flexibility index (Phi) is 10.4. The highest BCUT2D eigenvalue weighted by Gasteiger charge is 2.31. The second kappa shape index (κ2) is 15.4. The van der Waals surface area contributed by atoms with Gasteiger partial charge in [0.1, 0.15) is 29.5 Å². The number of nitrogens with one attached hydrogen (secondary N) is 2. The van der Waals surface area contributed by atoms with Gasteiger partial charge in [-0.15, -0.1) is 0 Å². The van der Waals surface area contributed by atoms with Gasteiger partial charge in [-0.25, -0.2) is 23.8 Å². The van der Waals surface area contributed by atoms with Crippen molar-refractivity contribution >= 4 is 34.6 Å². The van der Waals surface area contributed by atoms with Gasteiger partial charge in [-0.1, -0.05) is 18.7 Å². The van der Waals surface area contributed by atoms with Crippen LogP contribution >= 0.6 is 0 Å². The maximum Gasteiger partial charge on any atom is 0.247 e. The fourth-order valence-corrected chi connectivity index (χ4v) is 7.11. The number of aromatic nitrogens is 2. The third kappa shape index (κ3) is 7.80. The van der Waals surface area contributed by atoms with E-state index in [1.54, 1.807) is 30.4 Å². The molecule has 0 spiro atoms. The maximum absolute atomic E-state index is 14.9. The van der Waals surface area contributed by atoms with E-state index in [4.69, 9.17) is 14.3 Å². The van der Waals surface area contributed by atoms with Gasteiger partial charge in [-0.3, -0.25) is 14.5 Å². The van der Waals surface area contributed by atoms with Gasteiger partial charge in [0.05, 0.1) is 50.0 Å². The average molecular weight is 698 g/mol. The Morgan fingerprint density at radius 2 is 1.73 bits per heavy atom. The summed E-state index contributed by atoms with van der Waals surface area (Å²) in [4.78, 5) is 32.3. The highest BCUT2D eigenvalue weighted by molar-refractivity contribution is 6.02. The zero-order chi connectivity index (χ0) is 35.3. The molecule has 4 heterocycles. The first-order valence-corrected chi connectivity index (χ1v) is 17.2. The van der Waals surface area contributed by atoms with E-state index in [1.165, 1.54) is 36.7 Å². The highest BCUT2D eigenvalue weighted by atomic mass is 19.1. The summed E-state index contributed by atoms with van der Waals surface area (Å²) in [6.45, 7) is 9.15. The highest BCUT2D eigenvalue weighted by Crippen LogP contribution is 2.41. The number of hydroxylamine groups is 1. The molecule has 3 fully saturated rings. The van der Waals surface area contributed by atoms with Crippen molar-refractivity contribution in [2.24, 2.45) is 0 Å². The number of nitrogens with zero attached hydrogens (tertiary/aromatic N) is 5. The molecule has 3 aromatic carbocycles. The molecule has 4 aromatic rings. The van der Waals surface area contributed by atoms with Crippen molar-refractivity contribution in [1.29, 1.82) is 0 Å². The molecule has 1 amide bonds. The molecule has 3 aliphatic rings. The summed E-state index contributed by atoms with van der Waals surface area (Å²) in [7, 11) is 1.60. The van der Waals surface area contributed by atoms with Gasteiger partial charge in [0.15, 0.2) is 5.82 Å². The number of morpholine rings is 1. The summed E-state index contributed by atoms with van der Waals surface area (Å²) < 4.78 is 40.3. The molecule has 3 aliphatic heterocycles. The Balaban J connectivity index is 1.13. The number of methoxy groups -OCH3 is 1. The average Bonchev–Trinajstić information content (AvgIpc) is 3.66. The molecule has 1 unspecified atom stereocenters. The van der Waals surface area contributed by atoms with E-state index in [-0.39, 0.29) is 11.9 Å². The van der Waals surface area contributed by atoms with Crippen LogP contribution in [0.4, 0.5) is 37.5 Å². The van der Waals surface area contributed by atoms with Crippen LogP contribution in [0.3, 0.4) is 0 Å². The molecule has 2 N–H and O–H groups in total. The van der Waals surface area contributed by atoms with Gasteiger partial charge in [0, 0.05) is 50.8 Å². The molecule has 1 atom stereocenters. The van der Waals surface area contributed by atoms with Crippen LogP contribution in [0.5, 0.6) is 5.75 Å². The number of anilines is 5. The first-order valence-electron chi connectivity index (χ1n) is 17.2. The largest absolute Gasteiger partial charge is 0.494 e. The van der Waals surface area contributed by atoms with E-state index in [1.807, 2.05) is 18.2 Å². The second-order valence-corrected chi connectivity index (χ2v) is 12.8. The summed E-state index contributed by atoms with van der Waals surface area (Å²) in [5.74, 6) is 0.334. The predicted molar refractivity (Wildman–Crippen MR) is 192 cm³/mol. The predicted octanol–water partition coefficient (Wildman–Crippen LogP) is 6.48. The quantitative estimate of drug-likeness (QED) is 0.179. The molecule has 11 nitrogen and oxygen atoms in total. The van der Waals surface area contributed by atoms with Crippen molar-refractivity contribution < 1.29 is 27.9 Å².